The molecule has 3 rings (SSSR count). The molecule has 0 fully saturated rings. The molecule has 0 radical (unpaired) electrons. The summed E-state index contributed by atoms with van der Waals surface area (Å²) in [4.78, 5) is 5.45. The first kappa shape index (κ1) is 17.7. The molecule has 1 aliphatic rings. The Balaban J connectivity index is 2.04. The van der Waals surface area contributed by atoms with Crippen LogP contribution in [0.1, 0.15) is 26.3 Å². The molecule has 0 aromatic heterocycles. The third kappa shape index (κ3) is 3.93. The van der Waals surface area contributed by atoms with Gasteiger partial charge in [-0.05, 0) is 29.7 Å². The monoisotopic (exact) mass is 356 g/mol. The van der Waals surface area contributed by atoms with E-state index in [-0.39, 0.29) is 11.5 Å². The van der Waals surface area contributed by atoms with E-state index in [4.69, 9.17) is 9.73 Å². The van der Waals surface area contributed by atoms with Crippen molar-refractivity contribution in [3.05, 3.63) is 60.2 Å². The Labute approximate surface area is 150 Å². The summed E-state index contributed by atoms with van der Waals surface area (Å²) in [7, 11) is -2.54. The second-order valence-corrected chi connectivity index (χ2v) is 9.61. The Hall–Kier alpha value is -2.14. The highest BCUT2D eigenvalue weighted by Crippen LogP contribution is 2.31. The van der Waals surface area contributed by atoms with Crippen LogP contribution in [-0.2, 0) is 14.5 Å². The van der Waals surface area contributed by atoms with Crippen LogP contribution in [0.25, 0.3) is 0 Å². The van der Waals surface area contributed by atoms with E-state index >= 15 is 0 Å². The average Bonchev–Trinajstić information content (AvgIpc) is 3.06. The maximum Gasteiger partial charge on any atom is 0.218 e. The minimum atomic E-state index is -2.54. The second-order valence-electron chi connectivity index (χ2n) is 7.35. The summed E-state index contributed by atoms with van der Waals surface area (Å²) in [6, 6.07) is 17.0. The lowest BCUT2D eigenvalue weighted by Gasteiger charge is -2.21. The van der Waals surface area contributed by atoms with Crippen LogP contribution in [0.3, 0.4) is 0 Å². The van der Waals surface area contributed by atoms with Crippen LogP contribution in [0.4, 0.5) is 5.69 Å². The summed E-state index contributed by atoms with van der Waals surface area (Å²) in [5, 5.41) is 0. The number of benzene rings is 2. The summed E-state index contributed by atoms with van der Waals surface area (Å²) in [6.45, 7) is 7.02. The summed E-state index contributed by atoms with van der Waals surface area (Å²) in [5.74, 6) is 0.586. The van der Waals surface area contributed by atoms with Gasteiger partial charge in [-0.15, -0.1) is 0 Å². The third-order valence-corrected chi connectivity index (χ3v) is 5.93. The maximum absolute atomic E-state index is 13.1. The van der Waals surface area contributed by atoms with E-state index in [1.807, 2.05) is 54.6 Å². The van der Waals surface area contributed by atoms with Crippen LogP contribution in [0, 0.1) is 5.41 Å². The zero-order valence-electron chi connectivity index (χ0n) is 15.1. The number of rotatable bonds is 3. The molecule has 4 nitrogen and oxygen atoms in total. The van der Waals surface area contributed by atoms with E-state index in [0.29, 0.717) is 23.1 Å². The van der Waals surface area contributed by atoms with Gasteiger partial charge in [0, 0.05) is 11.2 Å². The number of hydrogen-bond donors (Lipinski definition) is 0. The van der Waals surface area contributed by atoms with Crippen molar-refractivity contribution >= 4 is 21.3 Å². The lowest BCUT2D eigenvalue weighted by molar-refractivity contribution is 0.236. The number of nitrogens with zero attached hydrogens (tertiary/aromatic N) is 2. The minimum absolute atomic E-state index is 0.0379. The van der Waals surface area contributed by atoms with Crippen LogP contribution in [-0.4, -0.2) is 29.0 Å². The molecule has 0 aliphatic carbocycles. The van der Waals surface area contributed by atoms with Gasteiger partial charge in [0.1, 0.15) is 6.61 Å². The fourth-order valence-electron chi connectivity index (χ4n) is 2.61. The van der Waals surface area contributed by atoms with Crippen molar-refractivity contribution in [3.63, 3.8) is 0 Å². The van der Waals surface area contributed by atoms with Gasteiger partial charge < -0.3 is 4.74 Å². The maximum atomic E-state index is 13.1. The standard InChI is InChI=1S/C20H24N2O2S/c1-20(2,3)18-14-24-19(21-18)16-12-8-9-13-17(16)22-25(4,23)15-10-6-5-7-11-15/h5-13,18H,14H2,1-4H3/t18-,25?/m0/s1. The van der Waals surface area contributed by atoms with Gasteiger partial charge in [0.05, 0.1) is 27.0 Å². The topological polar surface area (TPSA) is 51.0 Å². The van der Waals surface area contributed by atoms with Gasteiger partial charge in [-0.2, -0.15) is 4.36 Å². The molecular formula is C20H24N2O2S. The highest BCUT2D eigenvalue weighted by atomic mass is 32.2. The van der Waals surface area contributed by atoms with Crippen LogP contribution in [0.2, 0.25) is 0 Å². The van der Waals surface area contributed by atoms with Crippen molar-refractivity contribution in [3.8, 4) is 0 Å². The van der Waals surface area contributed by atoms with Gasteiger partial charge in [0.25, 0.3) is 0 Å². The molecular weight excluding hydrogens is 332 g/mol. The van der Waals surface area contributed by atoms with Crippen LogP contribution in [0.15, 0.2) is 68.8 Å². The Morgan fingerprint density at radius 2 is 1.72 bits per heavy atom. The smallest absolute Gasteiger partial charge is 0.218 e. The van der Waals surface area contributed by atoms with Crippen molar-refractivity contribution in [1.29, 1.82) is 0 Å². The molecule has 2 atom stereocenters. The van der Waals surface area contributed by atoms with E-state index in [0.717, 1.165) is 5.56 Å². The Morgan fingerprint density at radius 1 is 1.08 bits per heavy atom. The van der Waals surface area contributed by atoms with E-state index < -0.39 is 9.73 Å². The van der Waals surface area contributed by atoms with Crippen LogP contribution < -0.4 is 0 Å². The molecule has 0 N–H and O–H groups in total. The molecule has 1 aliphatic heterocycles. The molecule has 0 bridgehead atoms. The zero-order chi connectivity index (χ0) is 18.1. The Morgan fingerprint density at radius 3 is 2.36 bits per heavy atom. The van der Waals surface area contributed by atoms with Crippen molar-refractivity contribution in [2.75, 3.05) is 12.9 Å². The number of aliphatic imine (C=N–C) groups is 1. The van der Waals surface area contributed by atoms with Crippen LogP contribution in [0.5, 0.6) is 0 Å². The fraction of sp³-hybridized carbons (Fsp3) is 0.350. The predicted octanol–water partition coefficient (Wildman–Crippen LogP) is 4.67. The first-order valence-electron chi connectivity index (χ1n) is 8.34. The zero-order valence-corrected chi connectivity index (χ0v) is 15.9. The Bertz CT molecular complexity index is 905. The van der Waals surface area contributed by atoms with Gasteiger partial charge in [-0.3, -0.25) is 0 Å². The molecule has 2 aromatic carbocycles. The van der Waals surface area contributed by atoms with E-state index in [1.54, 1.807) is 6.26 Å². The second kappa shape index (κ2) is 6.64. The molecule has 2 aromatic rings. The lowest BCUT2D eigenvalue weighted by Crippen LogP contribution is -2.25. The van der Waals surface area contributed by atoms with Crippen molar-refractivity contribution < 1.29 is 8.95 Å². The summed E-state index contributed by atoms with van der Waals surface area (Å²) >= 11 is 0. The molecule has 0 saturated heterocycles. The van der Waals surface area contributed by atoms with E-state index in [1.165, 1.54) is 0 Å². The van der Waals surface area contributed by atoms with Gasteiger partial charge in [-0.25, -0.2) is 9.20 Å². The van der Waals surface area contributed by atoms with Gasteiger partial charge in [-0.1, -0.05) is 51.1 Å². The fourth-order valence-corrected chi connectivity index (χ4v) is 3.91. The third-order valence-electron chi connectivity index (χ3n) is 4.24. The molecule has 0 saturated carbocycles. The molecule has 0 spiro atoms. The minimum Gasteiger partial charge on any atom is -0.475 e. The average molecular weight is 356 g/mol. The van der Waals surface area contributed by atoms with Gasteiger partial charge >= 0.3 is 0 Å². The summed E-state index contributed by atoms with van der Waals surface area (Å²) in [5.41, 5.74) is 1.47. The van der Waals surface area contributed by atoms with E-state index in [9.17, 15) is 4.21 Å². The Kier molecular flexibility index (Phi) is 4.69. The first-order chi connectivity index (χ1) is 11.8. The van der Waals surface area contributed by atoms with Crippen molar-refractivity contribution in [2.24, 2.45) is 14.8 Å². The summed E-state index contributed by atoms with van der Waals surface area (Å²) in [6.07, 6.45) is 1.66. The first-order valence-corrected chi connectivity index (χ1v) is 10.3. The highest BCUT2D eigenvalue weighted by molar-refractivity contribution is 7.93. The van der Waals surface area contributed by atoms with Crippen LogP contribution >= 0.6 is 0 Å². The number of hydrogen-bond acceptors (Lipinski definition) is 4. The highest BCUT2D eigenvalue weighted by Gasteiger charge is 2.31. The van der Waals surface area contributed by atoms with Gasteiger partial charge in [0.2, 0.25) is 5.90 Å². The molecule has 0 amide bonds. The molecule has 25 heavy (non-hydrogen) atoms. The van der Waals surface area contributed by atoms with Crippen molar-refractivity contribution in [2.45, 2.75) is 31.7 Å². The molecule has 132 valence electrons. The van der Waals surface area contributed by atoms with Crippen molar-refractivity contribution in [1.82, 2.24) is 0 Å². The van der Waals surface area contributed by atoms with E-state index in [2.05, 4.69) is 25.1 Å². The summed E-state index contributed by atoms with van der Waals surface area (Å²) < 4.78 is 23.5. The normalized spacial score (nSPS) is 19.7. The van der Waals surface area contributed by atoms with Gasteiger partial charge in [0.15, 0.2) is 0 Å². The molecule has 5 heteroatoms. The number of ether oxygens (including phenoxy) is 1. The SMILES string of the molecule is CC(C)(C)[C@@H]1COC(c2ccccc2N=S(C)(=O)c2ccccc2)=N1. The predicted molar refractivity (Wildman–Crippen MR) is 103 cm³/mol. The molecule has 1 heterocycles. The largest absolute Gasteiger partial charge is 0.475 e. The lowest BCUT2D eigenvalue weighted by atomic mass is 9.88. The quantitative estimate of drug-likeness (QED) is 0.802. The molecule has 1 unspecified atom stereocenters.